The van der Waals surface area contributed by atoms with Gasteiger partial charge in [-0.2, -0.15) is 11.8 Å². The third-order valence-electron chi connectivity index (χ3n) is 5.67. The smallest absolute Gasteiger partial charge is 0.253 e. The van der Waals surface area contributed by atoms with Crippen molar-refractivity contribution in [3.8, 4) is 22.4 Å². The first-order valence-electron chi connectivity index (χ1n) is 11.6. The molecule has 0 bridgehead atoms. The van der Waals surface area contributed by atoms with Crippen LogP contribution in [0.3, 0.4) is 0 Å². The molecule has 12 heteroatoms. The van der Waals surface area contributed by atoms with Gasteiger partial charge in [0.2, 0.25) is 15.9 Å². The van der Waals surface area contributed by atoms with Crippen LogP contribution in [0.5, 0.6) is 0 Å². The van der Waals surface area contributed by atoms with Crippen molar-refractivity contribution < 1.29 is 18.0 Å². The summed E-state index contributed by atoms with van der Waals surface area (Å²) < 4.78 is 24.4. The molecule has 38 heavy (non-hydrogen) atoms. The van der Waals surface area contributed by atoms with Crippen molar-refractivity contribution in [3.63, 3.8) is 0 Å². The number of aryl methyl sites for hydroxylation is 1. The number of thioether (sulfide) groups is 1. The van der Waals surface area contributed by atoms with Gasteiger partial charge in [-0.3, -0.25) is 18.5 Å². The number of carbonyl (C=O) groups excluding carboxylic acids is 2. The molecular weight excluding hydrogens is 543 g/mol. The standard InChI is InChI=1S/C26H27N5O4S3/c1-17-13-19(7-10-27-17)18-5-4-6-20(14-18)23-16-37-26(29-23)30-25(33)22(9-12-36-2)28-24(32)21-8-11-31(15-21)38(3,34)35/h4-8,10-11,13-16,22H,9,12H2,1-3H3,(H,28,32)(H,29,30,33)/t22-/m0/s1. The largest absolute Gasteiger partial charge is 0.340 e. The first-order valence-corrected chi connectivity index (χ1v) is 15.7. The van der Waals surface area contributed by atoms with E-state index in [0.717, 1.165) is 38.3 Å². The van der Waals surface area contributed by atoms with E-state index in [1.807, 2.05) is 55.0 Å². The molecule has 0 aliphatic rings. The van der Waals surface area contributed by atoms with Crippen LogP contribution in [0.4, 0.5) is 5.13 Å². The van der Waals surface area contributed by atoms with Crippen LogP contribution in [0.2, 0.25) is 0 Å². The van der Waals surface area contributed by atoms with Crippen molar-refractivity contribution in [2.75, 3.05) is 23.6 Å². The molecule has 1 aromatic carbocycles. The molecule has 0 radical (unpaired) electrons. The summed E-state index contributed by atoms with van der Waals surface area (Å²) in [6.07, 6.45) is 7.66. The molecule has 0 spiro atoms. The second-order valence-corrected chi connectivity index (χ2v) is 12.3. The number of hydrogen-bond donors (Lipinski definition) is 2. The Morgan fingerprint density at radius 2 is 1.89 bits per heavy atom. The van der Waals surface area contributed by atoms with E-state index in [1.165, 1.54) is 29.8 Å². The fourth-order valence-corrected chi connectivity index (χ4v) is 5.48. The number of rotatable bonds is 10. The Bertz CT molecular complexity index is 1560. The number of anilines is 1. The number of hydrogen-bond acceptors (Lipinski definition) is 8. The van der Waals surface area contributed by atoms with Crippen LogP contribution < -0.4 is 10.6 Å². The van der Waals surface area contributed by atoms with Gasteiger partial charge >= 0.3 is 0 Å². The van der Waals surface area contributed by atoms with Crippen LogP contribution in [0.25, 0.3) is 22.4 Å². The lowest BCUT2D eigenvalue weighted by Crippen LogP contribution is -2.44. The molecule has 0 aliphatic carbocycles. The molecule has 1 atom stereocenters. The van der Waals surface area contributed by atoms with E-state index in [1.54, 1.807) is 18.0 Å². The highest BCUT2D eigenvalue weighted by Gasteiger charge is 2.23. The lowest BCUT2D eigenvalue weighted by Gasteiger charge is -2.17. The predicted octanol–water partition coefficient (Wildman–Crippen LogP) is 4.28. The lowest BCUT2D eigenvalue weighted by molar-refractivity contribution is -0.118. The van der Waals surface area contributed by atoms with Gasteiger partial charge in [-0.15, -0.1) is 11.3 Å². The molecule has 0 saturated heterocycles. The van der Waals surface area contributed by atoms with E-state index in [4.69, 9.17) is 0 Å². The second kappa shape index (κ2) is 11.9. The summed E-state index contributed by atoms with van der Waals surface area (Å²) in [6, 6.07) is 12.5. The van der Waals surface area contributed by atoms with Crippen LogP contribution in [0, 0.1) is 6.92 Å². The summed E-state index contributed by atoms with van der Waals surface area (Å²) in [5, 5.41) is 7.83. The van der Waals surface area contributed by atoms with E-state index in [2.05, 4.69) is 20.6 Å². The fraction of sp³-hybridized carbons (Fsp3) is 0.231. The van der Waals surface area contributed by atoms with E-state index < -0.39 is 27.9 Å². The summed E-state index contributed by atoms with van der Waals surface area (Å²) in [5.74, 6) is -0.277. The maximum atomic E-state index is 13.1. The topological polar surface area (TPSA) is 123 Å². The lowest BCUT2D eigenvalue weighted by atomic mass is 10.0. The Hall–Kier alpha value is -3.48. The highest BCUT2D eigenvalue weighted by Crippen LogP contribution is 2.29. The molecule has 2 N–H and O–H groups in total. The zero-order valence-corrected chi connectivity index (χ0v) is 23.5. The maximum absolute atomic E-state index is 13.1. The third kappa shape index (κ3) is 6.88. The molecule has 0 unspecified atom stereocenters. The van der Waals surface area contributed by atoms with E-state index >= 15 is 0 Å². The van der Waals surface area contributed by atoms with E-state index in [9.17, 15) is 18.0 Å². The van der Waals surface area contributed by atoms with Gasteiger partial charge in [-0.25, -0.2) is 13.4 Å². The Kier molecular flexibility index (Phi) is 8.65. The van der Waals surface area contributed by atoms with Crippen LogP contribution in [-0.2, 0) is 14.8 Å². The number of benzene rings is 1. The van der Waals surface area contributed by atoms with Gasteiger partial charge < -0.3 is 10.6 Å². The minimum Gasteiger partial charge on any atom is -0.340 e. The van der Waals surface area contributed by atoms with Gasteiger partial charge in [0, 0.05) is 35.2 Å². The number of nitrogens with zero attached hydrogens (tertiary/aromatic N) is 3. The number of carbonyl (C=O) groups is 2. The zero-order chi connectivity index (χ0) is 27.3. The van der Waals surface area contributed by atoms with Crippen LogP contribution >= 0.6 is 23.1 Å². The Morgan fingerprint density at radius 1 is 1.13 bits per heavy atom. The molecule has 0 fully saturated rings. The van der Waals surface area contributed by atoms with Gasteiger partial charge in [0.25, 0.3) is 5.91 Å². The SMILES string of the molecule is CSCC[C@H](NC(=O)c1ccn(S(C)(=O)=O)c1)C(=O)Nc1nc(-c2cccc(-c3ccnc(C)c3)c2)cs1. The van der Waals surface area contributed by atoms with Crippen molar-refractivity contribution in [2.45, 2.75) is 19.4 Å². The van der Waals surface area contributed by atoms with Crippen LogP contribution in [0.15, 0.2) is 66.4 Å². The number of thiazole rings is 1. The monoisotopic (exact) mass is 569 g/mol. The van der Waals surface area contributed by atoms with Crippen molar-refractivity contribution in [2.24, 2.45) is 0 Å². The zero-order valence-electron chi connectivity index (χ0n) is 21.0. The average molecular weight is 570 g/mol. The van der Waals surface area contributed by atoms with E-state index in [-0.39, 0.29) is 5.56 Å². The molecule has 3 aromatic heterocycles. The Morgan fingerprint density at radius 3 is 2.61 bits per heavy atom. The van der Waals surface area contributed by atoms with E-state index in [0.29, 0.717) is 17.3 Å². The Balaban J connectivity index is 1.47. The van der Waals surface area contributed by atoms with Crippen molar-refractivity contribution >= 4 is 50.1 Å². The molecule has 4 rings (SSSR count). The van der Waals surface area contributed by atoms with Gasteiger partial charge in [0.05, 0.1) is 17.5 Å². The van der Waals surface area contributed by atoms with Gasteiger partial charge in [-0.1, -0.05) is 18.2 Å². The van der Waals surface area contributed by atoms with Gasteiger partial charge in [0.1, 0.15) is 6.04 Å². The first-order chi connectivity index (χ1) is 18.1. The maximum Gasteiger partial charge on any atom is 0.253 e. The number of amides is 2. The van der Waals surface area contributed by atoms with Gasteiger partial charge in [-0.05, 0) is 60.7 Å². The first kappa shape index (κ1) is 27.6. The highest BCUT2D eigenvalue weighted by molar-refractivity contribution is 7.98. The van der Waals surface area contributed by atoms with Crippen molar-refractivity contribution in [1.29, 1.82) is 0 Å². The Labute approximate surface area is 229 Å². The third-order valence-corrected chi connectivity index (χ3v) is 8.06. The molecule has 2 amide bonds. The van der Waals surface area contributed by atoms with Crippen LogP contribution in [0.1, 0.15) is 22.5 Å². The molecule has 0 aliphatic heterocycles. The number of pyridine rings is 1. The molecular formula is C26H27N5O4S3. The van der Waals surface area contributed by atoms with Gasteiger partial charge in [0.15, 0.2) is 5.13 Å². The second-order valence-electron chi connectivity index (χ2n) is 8.59. The summed E-state index contributed by atoms with van der Waals surface area (Å²) >= 11 is 2.85. The minimum atomic E-state index is -3.51. The summed E-state index contributed by atoms with van der Waals surface area (Å²) in [4.78, 5) is 34.7. The normalized spacial score (nSPS) is 12.2. The number of nitrogens with one attached hydrogen (secondary N) is 2. The quantitative estimate of drug-likeness (QED) is 0.292. The van der Waals surface area contributed by atoms with Crippen molar-refractivity contribution in [1.82, 2.24) is 19.3 Å². The predicted molar refractivity (Wildman–Crippen MR) is 153 cm³/mol. The summed E-state index contributed by atoms with van der Waals surface area (Å²) in [7, 11) is -3.51. The molecule has 9 nitrogen and oxygen atoms in total. The molecule has 4 aromatic rings. The number of aromatic nitrogens is 3. The molecule has 0 saturated carbocycles. The average Bonchev–Trinajstić information content (AvgIpc) is 3.57. The molecule has 3 heterocycles. The minimum absolute atomic E-state index is 0.151. The fourth-order valence-electron chi connectivity index (χ4n) is 3.70. The highest BCUT2D eigenvalue weighted by atomic mass is 32.2. The molecule has 198 valence electrons. The summed E-state index contributed by atoms with van der Waals surface area (Å²) in [5.41, 5.74) is 4.82. The summed E-state index contributed by atoms with van der Waals surface area (Å²) in [6.45, 7) is 1.95. The van der Waals surface area contributed by atoms with Crippen LogP contribution in [-0.4, -0.2) is 58.5 Å². The van der Waals surface area contributed by atoms with Crippen molar-refractivity contribution in [3.05, 3.63) is 77.7 Å².